The molecule has 0 heterocycles. The Kier molecular flexibility index (Phi) is 45.5. The number of hydrogen-bond donors (Lipinski definition) is 1. The van der Waals surface area contributed by atoms with Gasteiger partial charge in [-0.1, -0.05) is 224 Å². The van der Waals surface area contributed by atoms with Gasteiger partial charge in [0.25, 0.3) is 0 Å². The number of likely N-dealkylation sites (N-methyl/N-ethyl adjacent to an activating group) is 1. The number of hydrogen-bond acceptors (Lipinski definition) is 7. The largest absolute Gasteiger partial charge is 0.472 e. The smallest absolute Gasteiger partial charge is 0.462 e. The standard InChI is InChI=1S/C54H104NO8P/c1-6-8-10-12-14-16-17-18-19-20-21-22-23-24-25-26-27-28-29-30-31-32-33-34-35-36-37-39-41-43-45-47-54(57)63-52(51-62-64(58,59)61-49-48-55(3,4)5)50-60-53(56)46-44-42-40-38-15-13-11-9-7-2/h17-18,20-21,52H,6-16,19,22-51H2,1-5H3/p+1/b18-17-,21-20-. The molecule has 0 rings (SSSR count). The molecule has 0 spiro atoms. The highest BCUT2D eigenvalue weighted by Gasteiger charge is 2.27. The van der Waals surface area contributed by atoms with E-state index in [0.29, 0.717) is 23.9 Å². The van der Waals surface area contributed by atoms with Crippen molar-refractivity contribution in [1.29, 1.82) is 0 Å². The number of phosphoric acid groups is 1. The van der Waals surface area contributed by atoms with Crippen molar-refractivity contribution >= 4 is 19.8 Å². The molecular formula is C54H105NO8P+. The summed E-state index contributed by atoms with van der Waals surface area (Å²) in [5.41, 5.74) is 0. The Bertz CT molecular complexity index is 1140. The highest BCUT2D eigenvalue weighted by Crippen LogP contribution is 2.43. The Morgan fingerprint density at radius 2 is 0.844 bits per heavy atom. The maximum Gasteiger partial charge on any atom is 0.472 e. The fourth-order valence-corrected chi connectivity index (χ4v) is 8.49. The van der Waals surface area contributed by atoms with E-state index in [1.807, 2.05) is 21.1 Å². The van der Waals surface area contributed by atoms with Gasteiger partial charge in [-0.3, -0.25) is 18.6 Å². The third-order valence-electron chi connectivity index (χ3n) is 12.0. The Balaban J connectivity index is 3.96. The Hall–Kier alpha value is -1.51. The monoisotopic (exact) mass is 927 g/mol. The quantitative estimate of drug-likeness (QED) is 0.0211. The van der Waals surface area contributed by atoms with Crippen LogP contribution in [0.2, 0.25) is 0 Å². The molecule has 0 aliphatic carbocycles. The van der Waals surface area contributed by atoms with Crippen LogP contribution in [0.3, 0.4) is 0 Å². The highest BCUT2D eigenvalue weighted by molar-refractivity contribution is 7.47. The van der Waals surface area contributed by atoms with Crippen LogP contribution < -0.4 is 0 Å². The zero-order valence-corrected chi connectivity index (χ0v) is 43.7. The number of nitrogens with zero attached hydrogens (tertiary/aromatic N) is 1. The minimum Gasteiger partial charge on any atom is -0.462 e. The van der Waals surface area contributed by atoms with Gasteiger partial charge in [0.15, 0.2) is 6.10 Å². The molecule has 0 saturated heterocycles. The molecule has 0 radical (unpaired) electrons. The minimum atomic E-state index is -4.37. The molecule has 0 aliphatic rings. The predicted molar refractivity (Wildman–Crippen MR) is 271 cm³/mol. The van der Waals surface area contributed by atoms with Crippen LogP contribution in [0.1, 0.15) is 258 Å². The second kappa shape index (κ2) is 46.6. The van der Waals surface area contributed by atoms with E-state index in [9.17, 15) is 19.0 Å². The fraction of sp³-hybridized carbons (Fsp3) is 0.889. The van der Waals surface area contributed by atoms with Crippen molar-refractivity contribution < 1.29 is 42.1 Å². The summed E-state index contributed by atoms with van der Waals surface area (Å²) < 4.78 is 34.4. The van der Waals surface area contributed by atoms with Gasteiger partial charge in [-0.15, -0.1) is 0 Å². The van der Waals surface area contributed by atoms with Crippen LogP contribution in [0.25, 0.3) is 0 Å². The average molecular weight is 927 g/mol. The number of carbonyl (C=O) groups excluding carboxylic acids is 2. The van der Waals surface area contributed by atoms with Gasteiger partial charge in [-0.05, 0) is 44.9 Å². The molecule has 2 atom stereocenters. The lowest BCUT2D eigenvalue weighted by molar-refractivity contribution is -0.870. The molecule has 9 nitrogen and oxygen atoms in total. The van der Waals surface area contributed by atoms with Crippen molar-refractivity contribution in [2.24, 2.45) is 0 Å². The summed E-state index contributed by atoms with van der Waals surface area (Å²) in [6, 6.07) is 0. The summed E-state index contributed by atoms with van der Waals surface area (Å²) in [6.07, 6.45) is 54.1. The van der Waals surface area contributed by atoms with Gasteiger partial charge in [-0.2, -0.15) is 0 Å². The zero-order valence-electron chi connectivity index (χ0n) is 42.8. The van der Waals surface area contributed by atoms with Crippen molar-refractivity contribution in [3.05, 3.63) is 24.3 Å². The van der Waals surface area contributed by atoms with E-state index < -0.39 is 26.5 Å². The number of ether oxygens (including phenoxy) is 2. The summed E-state index contributed by atoms with van der Waals surface area (Å²) in [5, 5.41) is 0. The van der Waals surface area contributed by atoms with Crippen molar-refractivity contribution in [3.8, 4) is 0 Å². The molecule has 0 saturated carbocycles. The SMILES string of the molecule is CCCCCCC/C=C\C/C=C\CCCCCCCCCCCCCCCCCCCCCC(=O)OC(COC(=O)CCCCCCCCCCC)COP(=O)(O)OCC[N+](C)(C)C. The molecule has 0 bridgehead atoms. The molecule has 0 aromatic rings. The number of rotatable bonds is 50. The molecule has 2 unspecified atom stereocenters. The van der Waals surface area contributed by atoms with Gasteiger partial charge in [0.1, 0.15) is 19.8 Å². The number of quaternary nitrogens is 1. The molecule has 1 N–H and O–H groups in total. The van der Waals surface area contributed by atoms with Crippen molar-refractivity contribution in [2.45, 2.75) is 264 Å². The van der Waals surface area contributed by atoms with E-state index in [1.165, 1.54) is 186 Å². The highest BCUT2D eigenvalue weighted by atomic mass is 31.2. The van der Waals surface area contributed by atoms with Crippen LogP contribution in [0.15, 0.2) is 24.3 Å². The van der Waals surface area contributed by atoms with Crippen LogP contribution in [-0.4, -0.2) is 74.9 Å². The molecular weight excluding hydrogens is 822 g/mol. The van der Waals surface area contributed by atoms with E-state index in [1.54, 1.807) is 0 Å². The predicted octanol–water partition coefficient (Wildman–Crippen LogP) is 16.3. The van der Waals surface area contributed by atoms with Gasteiger partial charge < -0.3 is 18.9 Å². The van der Waals surface area contributed by atoms with Gasteiger partial charge in [-0.25, -0.2) is 4.57 Å². The number of allylic oxidation sites excluding steroid dienone is 4. The maximum absolute atomic E-state index is 12.7. The van der Waals surface area contributed by atoms with Crippen molar-refractivity contribution in [1.82, 2.24) is 0 Å². The Morgan fingerprint density at radius 1 is 0.484 bits per heavy atom. The molecule has 378 valence electrons. The maximum atomic E-state index is 12.7. The number of esters is 2. The number of carbonyl (C=O) groups is 2. The summed E-state index contributed by atoms with van der Waals surface area (Å²) in [5.74, 6) is -0.789. The topological polar surface area (TPSA) is 108 Å². The summed E-state index contributed by atoms with van der Waals surface area (Å²) >= 11 is 0. The van der Waals surface area contributed by atoms with Crippen LogP contribution in [0, 0.1) is 0 Å². The molecule has 0 aromatic carbocycles. The van der Waals surface area contributed by atoms with E-state index >= 15 is 0 Å². The lowest BCUT2D eigenvalue weighted by Gasteiger charge is -2.24. The molecule has 0 amide bonds. The van der Waals surface area contributed by atoms with Gasteiger partial charge in [0.2, 0.25) is 0 Å². The van der Waals surface area contributed by atoms with Gasteiger partial charge in [0, 0.05) is 12.8 Å². The minimum absolute atomic E-state index is 0.0349. The number of phosphoric ester groups is 1. The van der Waals surface area contributed by atoms with Crippen LogP contribution >= 0.6 is 7.82 Å². The number of unbranched alkanes of at least 4 members (excludes halogenated alkanes) is 32. The molecule has 10 heteroatoms. The molecule has 0 aromatic heterocycles. The lowest BCUT2D eigenvalue weighted by Crippen LogP contribution is -2.37. The van der Waals surface area contributed by atoms with E-state index in [0.717, 1.165) is 38.5 Å². The van der Waals surface area contributed by atoms with Crippen LogP contribution in [-0.2, 0) is 32.7 Å². The van der Waals surface area contributed by atoms with E-state index in [2.05, 4.69) is 38.2 Å². The molecule has 64 heavy (non-hydrogen) atoms. The van der Waals surface area contributed by atoms with Crippen LogP contribution in [0.4, 0.5) is 0 Å². The van der Waals surface area contributed by atoms with Gasteiger partial charge >= 0.3 is 19.8 Å². The summed E-state index contributed by atoms with van der Waals surface area (Å²) in [7, 11) is 1.49. The average Bonchev–Trinajstić information content (AvgIpc) is 3.25. The first-order valence-corrected chi connectivity index (χ1v) is 28.6. The first-order chi connectivity index (χ1) is 31.0. The third kappa shape index (κ3) is 49.9. The summed E-state index contributed by atoms with van der Waals surface area (Å²) in [4.78, 5) is 35.4. The molecule has 0 aliphatic heterocycles. The molecule has 0 fully saturated rings. The third-order valence-corrected chi connectivity index (χ3v) is 13.0. The van der Waals surface area contributed by atoms with Gasteiger partial charge in [0.05, 0.1) is 27.7 Å². The Morgan fingerprint density at radius 3 is 1.23 bits per heavy atom. The lowest BCUT2D eigenvalue weighted by atomic mass is 10.0. The van der Waals surface area contributed by atoms with E-state index in [4.69, 9.17) is 18.5 Å². The Labute approximate surface area is 396 Å². The first-order valence-electron chi connectivity index (χ1n) is 27.1. The van der Waals surface area contributed by atoms with E-state index in [-0.39, 0.29) is 25.6 Å². The second-order valence-corrected chi connectivity index (χ2v) is 21.1. The van der Waals surface area contributed by atoms with Crippen molar-refractivity contribution in [3.63, 3.8) is 0 Å². The zero-order chi connectivity index (χ0) is 47.1. The van der Waals surface area contributed by atoms with Crippen molar-refractivity contribution in [2.75, 3.05) is 47.5 Å². The fourth-order valence-electron chi connectivity index (χ4n) is 7.75. The first kappa shape index (κ1) is 62.5. The normalized spacial score (nSPS) is 13.5. The summed E-state index contributed by atoms with van der Waals surface area (Å²) in [6.45, 7) is 4.42. The second-order valence-electron chi connectivity index (χ2n) is 19.6. The van der Waals surface area contributed by atoms with Crippen LogP contribution in [0.5, 0.6) is 0 Å².